The van der Waals surface area contributed by atoms with Crippen LogP contribution in [0.1, 0.15) is 23.9 Å². The number of nitrogens with one attached hydrogen (secondary N) is 2. The summed E-state index contributed by atoms with van der Waals surface area (Å²) in [6.07, 6.45) is 5.75. The van der Waals surface area contributed by atoms with Crippen molar-refractivity contribution >= 4 is 28.5 Å². The molecule has 0 aromatic carbocycles. The van der Waals surface area contributed by atoms with Gasteiger partial charge in [0.15, 0.2) is 5.13 Å². The fraction of sp³-hybridized carbons (Fsp3) is 0.417. The molecule has 0 aliphatic rings. The molecule has 0 aliphatic heterocycles. The lowest BCUT2D eigenvalue weighted by molar-refractivity contribution is -0.139. The summed E-state index contributed by atoms with van der Waals surface area (Å²) < 4.78 is 0. The van der Waals surface area contributed by atoms with Crippen LogP contribution in [0.2, 0.25) is 0 Å². The van der Waals surface area contributed by atoms with Gasteiger partial charge in [0.05, 0.1) is 5.69 Å². The van der Waals surface area contributed by atoms with Crippen molar-refractivity contribution < 1.29 is 14.7 Å². The standard InChI is InChI=1S/C12H15N3O3S/c1-4-6-9(10(16)17)13-11(18)15-12-14-8(5-2)7(3)19-12/h1,9H,5-6H2,2-3H3,(H,16,17)(H2,13,14,15,18). The van der Waals surface area contributed by atoms with Gasteiger partial charge in [-0.2, -0.15) is 0 Å². The third-order valence-electron chi connectivity index (χ3n) is 2.37. The molecule has 1 unspecified atom stereocenters. The Morgan fingerprint density at radius 2 is 2.26 bits per heavy atom. The molecule has 0 radical (unpaired) electrons. The molecule has 0 bridgehead atoms. The maximum atomic E-state index is 11.6. The second-order valence-corrected chi connectivity index (χ2v) is 4.98. The molecule has 0 saturated heterocycles. The lowest BCUT2D eigenvalue weighted by Crippen LogP contribution is -2.42. The molecular weight excluding hydrogens is 266 g/mol. The van der Waals surface area contributed by atoms with Crippen molar-refractivity contribution in [3.05, 3.63) is 10.6 Å². The van der Waals surface area contributed by atoms with E-state index in [4.69, 9.17) is 11.5 Å². The average Bonchev–Trinajstić information content (AvgIpc) is 2.68. The number of hydrogen-bond acceptors (Lipinski definition) is 4. The van der Waals surface area contributed by atoms with Gasteiger partial charge < -0.3 is 10.4 Å². The molecule has 1 aromatic rings. The molecule has 19 heavy (non-hydrogen) atoms. The minimum Gasteiger partial charge on any atom is -0.480 e. The van der Waals surface area contributed by atoms with Gasteiger partial charge >= 0.3 is 12.0 Å². The summed E-state index contributed by atoms with van der Waals surface area (Å²) in [5.41, 5.74) is 0.915. The fourth-order valence-corrected chi connectivity index (χ4v) is 2.32. The SMILES string of the molecule is C#CCC(NC(=O)Nc1nc(CC)c(C)s1)C(=O)O. The maximum Gasteiger partial charge on any atom is 0.327 e. The molecule has 6 nitrogen and oxygen atoms in total. The van der Waals surface area contributed by atoms with Gasteiger partial charge in [0.1, 0.15) is 6.04 Å². The number of aromatic nitrogens is 1. The van der Waals surface area contributed by atoms with Crippen LogP contribution >= 0.6 is 11.3 Å². The first kappa shape index (κ1) is 15.0. The zero-order chi connectivity index (χ0) is 14.4. The van der Waals surface area contributed by atoms with E-state index in [-0.39, 0.29) is 6.42 Å². The van der Waals surface area contributed by atoms with Crippen LogP contribution < -0.4 is 10.6 Å². The molecule has 102 valence electrons. The van der Waals surface area contributed by atoms with Crippen LogP contribution in [0, 0.1) is 19.3 Å². The normalized spacial score (nSPS) is 11.4. The van der Waals surface area contributed by atoms with E-state index in [0.29, 0.717) is 5.13 Å². The fourth-order valence-electron chi connectivity index (χ4n) is 1.42. The van der Waals surface area contributed by atoms with Crippen molar-refractivity contribution in [1.82, 2.24) is 10.3 Å². The summed E-state index contributed by atoms with van der Waals surface area (Å²) in [5, 5.41) is 14.1. The molecular formula is C12H15N3O3S. The molecule has 1 rings (SSSR count). The average molecular weight is 281 g/mol. The Morgan fingerprint density at radius 3 is 2.74 bits per heavy atom. The zero-order valence-corrected chi connectivity index (χ0v) is 11.5. The highest BCUT2D eigenvalue weighted by Crippen LogP contribution is 2.22. The van der Waals surface area contributed by atoms with Crippen molar-refractivity contribution in [3.8, 4) is 12.3 Å². The number of rotatable bonds is 5. The van der Waals surface area contributed by atoms with Crippen LogP contribution in [0.4, 0.5) is 9.93 Å². The predicted octanol–water partition coefficient (Wildman–Crippen LogP) is 1.61. The van der Waals surface area contributed by atoms with Gasteiger partial charge in [0.2, 0.25) is 0 Å². The van der Waals surface area contributed by atoms with Gasteiger partial charge in [0, 0.05) is 11.3 Å². The van der Waals surface area contributed by atoms with E-state index in [2.05, 4.69) is 21.5 Å². The van der Waals surface area contributed by atoms with E-state index in [0.717, 1.165) is 17.0 Å². The number of nitrogens with zero attached hydrogens (tertiary/aromatic N) is 1. The summed E-state index contributed by atoms with van der Waals surface area (Å²) in [7, 11) is 0. The van der Waals surface area contributed by atoms with E-state index in [1.54, 1.807) is 0 Å². The Kier molecular flexibility index (Phi) is 5.33. The number of aliphatic carboxylic acids is 1. The molecule has 0 aliphatic carbocycles. The highest BCUT2D eigenvalue weighted by atomic mass is 32.1. The monoisotopic (exact) mass is 281 g/mol. The first-order valence-corrected chi connectivity index (χ1v) is 6.49. The summed E-state index contributed by atoms with van der Waals surface area (Å²) >= 11 is 1.35. The van der Waals surface area contributed by atoms with E-state index in [1.165, 1.54) is 11.3 Å². The second kappa shape index (κ2) is 6.75. The van der Waals surface area contributed by atoms with E-state index in [1.807, 2.05) is 13.8 Å². The number of anilines is 1. The van der Waals surface area contributed by atoms with Crippen LogP contribution in [0.5, 0.6) is 0 Å². The molecule has 1 atom stereocenters. The van der Waals surface area contributed by atoms with E-state index < -0.39 is 18.0 Å². The minimum atomic E-state index is -1.17. The Morgan fingerprint density at radius 1 is 1.58 bits per heavy atom. The number of hydrogen-bond donors (Lipinski definition) is 3. The third kappa shape index (κ3) is 4.26. The van der Waals surface area contributed by atoms with Gasteiger partial charge in [-0.05, 0) is 13.3 Å². The highest BCUT2D eigenvalue weighted by Gasteiger charge is 2.19. The van der Waals surface area contributed by atoms with Crippen molar-refractivity contribution in [2.45, 2.75) is 32.7 Å². The van der Waals surface area contributed by atoms with Crippen molar-refractivity contribution in [2.24, 2.45) is 0 Å². The first-order valence-electron chi connectivity index (χ1n) is 5.68. The van der Waals surface area contributed by atoms with Crippen LogP contribution in [0.15, 0.2) is 0 Å². The Labute approximate surface area is 115 Å². The van der Waals surface area contributed by atoms with Crippen molar-refractivity contribution in [2.75, 3.05) is 5.32 Å². The number of carbonyl (C=O) groups is 2. The summed E-state index contributed by atoms with van der Waals surface area (Å²) in [5.74, 6) is 1.04. The first-order chi connectivity index (χ1) is 8.97. The summed E-state index contributed by atoms with van der Waals surface area (Å²) in [6.45, 7) is 3.89. The van der Waals surface area contributed by atoms with Crippen LogP contribution in [-0.4, -0.2) is 28.1 Å². The minimum absolute atomic E-state index is 0.0696. The Bertz CT molecular complexity index is 519. The molecule has 0 fully saturated rings. The Hall–Kier alpha value is -2.07. The molecule has 0 spiro atoms. The number of carboxylic acid groups (broad SMARTS) is 1. The number of terminal acetylenes is 1. The van der Waals surface area contributed by atoms with Gasteiger partial charge in [-0.25, -0.2) is 14.6 Å². The van der Waals surface area contributed by atoms with Crippen molar-refractivity contribution in [3.63, 3.8) is 0 Å². The smallest absolute Gasteiger partial charge is 0.327 e. The quantitative estimate of drug-likeness (QED) is 0.715. The van der Waals surface area contributed by atoms with Crippen molar-refractivity contribution in [1.29, 1.82) is 0 Å². The number of urea groups is 1. The number of amides is 2. The van der Waals surface area contributed by atoms with E-state index in [9.17, 15) is 9.59 Å². The predicted molar refractivity (Wildman–Crippen MR) is 73.3 cm³/mol. The van der Waals surface area contributed by atoms with Crippen LogP contribution in [0.3, 0.4) is 0 Å². The molecule has 1 heterocycles. The molecule has 1 aromatic heterocycles. The number of thiazole rings is 1. The second-order valence-electron chi connectivity index (χ2n) is 3.77. The lowest BCUT2D eigenvalue weighted by Gasteiger charge is -2.11. The van der Waals surface area contributed by atoms with E-state index >= 15 is 0 Å². The van der Waals surface area contributed by atoms with Gasteiger partial charge in [-0.3, -0.25) is 5.32 Å². The van der Waals surface area contributed by atoms with Gasteiger partial charge in [-0.15, -0.1) is 23.7 Å². The summed E-state index contributed by atoms with van der Waals surface area (Å²) in [6, 6.07) is -1.73. The molecule has 2 amide bonds. The molecule has 0 saturated carbocycles. The third-order valence-corrected chi connectivity index (χ3v) is 3.30. The number of carboxylic acids is 1. The highest BCUT2D eigenvalue weighted by molar-refractivity contribution is 7.15. The maximum absolute atomic E-state index is 11.6. The molecule has 7 heteroatoms. The topological polar surface area (TPSA) is 91.3 Å². The zero-order valence-electron chi connectivity index (χ0n) is 10.7. The van der Waals surface area contributed by atoms with Crippen LogP contribution in [0.25, 0.3) is 0 Å². The van der Waals surface area contributed by atoms with Crippen LogP contribution in [-0.2, 0) is 11.2 Å². The summed E-state index contributed by atoms with van der Waals surface area (Å²) in [4.78, 5) is 27.7. The number of aryl methyl sites for hydroxylation is 2. The van der Waals surface area contributed by atoms with Gasteiger partial charge in [-0.1, -0.05) is 6.92 Å². The van der Waals surface area contributed by atoms with Gasteiger partial charge in [0.25, 0.3) is 0 Å². The largest absolute Gasteiger partial charge is 0.480 e. The Balaban J connectivity index is 2.63. The molecule has 3 N–H and O–H groups in total. The number of carbonyl (C=O) groups excluding carboxylic acids is 1. The lowest BCUT2D eigenvalue weighted by atomic mass is 10.2.